The summed E-state index contributed by atoms with van der Waals surface area (Å²) < 4.78 is 5.46. The highest BCUT2D eigenvalue weighted by atomic mass is 16.6. The Kier molecular flexibility index (Phi) is 4.78. The second-order valence-electron chi connectivity index (χ2n) is 6.30. The van der Waals surface area contributed by atoms with Crippen molar-refractivity contribution in [3.63, 3.8) is 0 Å². The fraction of sp³-hybridized carbons (Fsp3) is 0.529. The second kappa shape index (κ2) is 6.98. The number of nitrogens with zero attached hydrogens (tertiary/aromatic N) is 2. The molecule has 0 spiro atoms. The summed E-state index contributed by atoms with van der Waals surface area (Å²) in [5, 5.41) is 11.0. The van der Waals surface area contributed by atoms with E-state index in [0.29, 0.717) is 19.3 Å². The number of para-hydroxylation sites is 1. The van der Waals surface area contributed by atoms with E-state index in [-0.39, 0.29) is 29.3 Å². The molecule has 1 aromatic rings. The van der Waals surface area contributed by atoms with Crippen LogP contribution in [0.5, 0.6) is 0 Å². The molecule has 7 heteroatoms. The Bertz CT molecular complexity index is 652. The smallest absolute Gasteiger partial charge is 0.345 e. The van der Waals surface area contributed by atoms with Gasteiger partial charge in [-0.2, -0.15) is 0 Å². The lowest BCUT2D eigenvalue weighted by Gasteiger charge is -2.34. The standard InChI is InChI=1S/C17H20N2O5/c20-16-6-3-11-18(16)12-7-9-13(10-8-12)24-17(21)14-4-1-2-5-15(14)19(22)23/h1-2,4-5,12-13H,3,6-11H2. The Balaban J connectivity index is 1.57. The highest BCUT2D eigenvalue weighted by Crippen LogP contribution is 2.29. The second-order valence-corrected chi connectivity index (χ2v) is 6.30. The lowest BCUT2D eigenvalue weighted by molar-refractivity contribution is -0.385. The van der Waals surface area contributed by atoms with Crippen molar-refractivity contribution in [3.8, 4) is 0 Å². The maximum absolute atomic E-state index is 12.2. The van der Waals surface area contributed by atoms with Crippen LogP contribution in [0.2, 0.25) is 0 Å². The predicted molar refractivity (Wildman–Crippen MR) is 85.5 cm³/mol. The van der Waals surface area contributed by atoms with Crippen LogP contribution in [-0.2, 0) is 9.53 Å². The Morgan fingerprint density at radius 3 is 2.54 bits per heavy atom. The SMILES string of the molecule is O=C(OC1CCC(N2CCCC2=O)CC1)c1ccccc1[N+](=O)[O-]. The third-order valence-electron chi connectivity index (χ3n) is 4.79. The molecule has 0 N–H and O–H groups in total. The van der Waals surface area contributed by atoms with Crippen LogP contribution in [0, 0.1) is 10.1 Å². The molecule has 24 heavy (non-hydrogen) atoms. The van der Waals surface area contributed by atoms with Gasteiger partial charge in [0.15, 0.2) is 0 Å². The van der Waals surface area contributed by atoms with E-state index < -0.39 is 10.9 Å². The van der Waals surface area contributed by atoms with Gasteiger partial charge in [-0.25, -0.2) is 4.79 Å². The van der Waals surface area contributed by atoms with Gasteiger partial charge in [0.25, 0.3) is 5.69 Å². The fourth-order valence-electron chi connectivity index (χ4n) is 3.55. The van der Waals surface area contributed by atoms with E-state index in [2.05, 4.69) is 0 Å². The van der Waals surface area contributed by atoms with Crippen LogP contribution < -0.4 is 0 Å². The van der Waals surface area contributed by atoms with E-state index in [4.69, 9.17) is 4.74 Å². The normalized spacial score (nSPS) is 24.0. The minimum absolute atomic E-state index is 0.0145. The molecule has 0 unspecified atom stereocenters. The number of carbonyl (C=O) groups excluding carboxylic acids is 2. The van der Waals surface area contributed by atoms with Gasteiger partial charge in [-0.15, -0.1) is 0 Å². The Labute approximate surface area is 139 Å². The summed E-state index contributed by atoms with van der Waals surface area (Å²) in [6.45, 7) is 0.824. The molecular formula is C17H20N2O5. The lowest BCUT2D eigenvalue weighted by atomic mass is 9.92. The molecule has 128 valence electrons. The first-order valence-electron chi connectivity index (χ1n) is 8.30. The van der Waals surface area contributed by atoms with Crippen LogP contribution in [0.15, 0.2) is 24.3 Å². The lowest BCUT2D eigenvalue weighted by Crippen LogP contribution is -2.40. The van der Waals surface area contributed by atoms with Gasteiger partial charge in [-0.1, -0.05) is 12.1 Å². The molecule has 2 aliphatic rings. The third kappa shape index (κ3) is 3.39. The van der Waals surface area contributed by atoms with Gasteiger partial charge < -0.3 is 9.64 Å². The van der Waals surface area contributed by atoms with Gasteiger partial charge in [0.2, 0.25) is 5.91 Å². The Hall–Kier alpha value is -2.44. The van der Waals surface area contributed by atoms with Crippen LogP contribution in [-0.4, -0.2) is 40.4 Å². The number of rotatable bonds is 4. The van der Waals surface area contributed by atoms with Crippen LogP contribution in [0.4, 0.5) is 5.69 Å². The Morgan fingerprint density at radius 2 is 1.92 bits per heavy atom. The minimum atomic E-state index is -0.650. The van der Waals surface area contributed by atoms with Crippen molar-refractivity contribution in [1.82, 2.24) is 4.90 Å². The van der Waals surface area contributed by atoms with Crippen molar-refractivity contribution < 1.29 is 19.2 Å². The number of benzene rings is 1. The number of esters is 1. The van der Waals surface area contributed by atoms with E-state index in [9.17, 15) is 19.7 Å². The molecule has 1 aliphatic carbocycles. The first-order valence-corrected chi connectivity index (χ1v) is 8.30. The highest BCUT2D eigenvalue weighted by Gasteiger charge is 2.33. The predicted octanol–water partition coefficient (Wildman–Crippen LogP) is 2.69. The summed E-state index contributed by atoms with van der Waals surface area (Å²) >= 11 is 0. The summed E-state index contributed by atoms with van der Waals surface area (Å²) in [6.07, 6.45) is 4.28. The topological polar surface area (TPSA) is 89.8 Å². The highest BCUT2D eigenvalue weighted by molar-refractivity contribution is 5.93. The summed E-state index contributed by atoms with van der Waals surface area (Å²) in [6, 6.07) is 6.05. The molecule has 0 aromatic heterocycles. The Morgan fingerprint density at radius 1 is 1.21 bits per heavy atom. The van der Waals surface area contributed by atoms with Crippen LogP contribution in [0.25, 0.3) is 0 Å². The van der Waals surface area contributed by atoms with Crippen LogP contribution in [0.3, 0.4) is 0 Å². The molecule has 3 rings (SSSR count). The molecule has 2 fully saturated rings. The first kappa shape index (κ1) is 16.4. The zero-order valence-electron chi connectivity index (χ0n) is 13.3. The molecular weight excluding hydrogens is 312 g/mol. The van der Waals surface area contributed by atoms with Crippen LogP contribution >= 0.6 is 0 Å². The van der Waals surface area contributed by atoms with Gasteiger partial charge in [0.05, 0.1) is 4.92 Å². The fourth-order valence-corrected chi connectivity index (χ4v) is 3.55. The largest absolute Gasteiger partial charge is 0.459 e. The molecule has 0 atom stereocenters. The zero-order valence-corrected chi connectivity index (χ0v) is 13.3. The maximum atomic E-state index is 12.2. The first-order chi connectivity index (χ1) is 11.6. The van der Waals surface area contributed by atoms with Crippen molar-refractivity contribution in [3.05, 3.63) is 39.9 Å². The maximum Gasteiger partial charge on any atom is 0.345 e. The van der Waals surface area contributed by atoms with Gasteiger partial charge in [0.1, 0.15) is 11.7 Å². The monoisotopic (exact) mass is 332 g/mol. The molecule has 0 radical (unpaired) electrons. The number of hydrogen-bond acceptors (Lipinski definition) is 5. The van der Waals surface area contributed by atoms with Gasteiger partial charge in [-0.3, -0.25) is 14.9 Å². The third-order valence-corrected chi connectivity index (χ3v) is 4.79. The minimum Gasteiger partial charge on any atom is -0.459 e. The number of nitro benzene ring substituents is 1. The van der Waals surface area contributed by atoms with E-state index in [1.54, 1.807) is 6.07 Å². The molecule has 1 saturated heterocycles. The number of amides is 1. The number of likely N-dealkylation sites (tertiary alicyclic amines) is 1. The molecule has 1 saturated carbocycles. The van der Waals surface area contributed by atoms with E-state index in [0.717, 1.165) is 25.8 Å². The van der Waals surface area contributed by atoms with Gasteiger partial charge in [-0.05, 0) is 38.2 Å². The van der Waals surface area contributed by atoms with Crippen LogP contribution in [0.1, 0.15) is 48.9 Å². The van der Waals surface area contributed by atoms with Gasteiger partial charge in [0, 0.05) is 25.1 Å². The van der Waals surface area contributed by atoms with Gasteiger partial charge >= 0.3 is 5.97 Å². The average Bonchev–Trinajstić information content (AvgIpc) is 3.01. The van der Waals surface area contributed by atoms with Crippen molar-refractivity contribution in [2.45, 2.75) is 50.7 Å². The molecule has 1 aliphatic heterocycles. The quantitative estimate of drug-likeness (QED) is 0.480. The molecule has 1 aromatic carbocycles. The van der Waals surface area contributed by atoms with E-state index in [1.807, 2.05) is 4.90 Å². The summed E-state index contributed by atoms with van der Waals surface area (Å²) in [4.78, 5) is 36.4. The van der Waals surface area contributed by atoms with E-state index >= 15 is 0 Å². The van der Waals surface area contributed by atoms with Crippen molar-refractivity contribution in [1.29, 1.82) is 0 Å². The molecule has 1 heterocycles. The average molecular weight is 332 g/mol. The number of ether oxygens (including phenoxy) is 1. The molecule has 7 nitrogen and oxygen atoms in total. The van der Waals surface area contributed by atoms with Crippen molar-refractivity contribution >= 4 is 17.6 Å². The number of carbonyl (C=O) groups is 2. The summed E-state index contributed by atoms with van der Waals surface area (Å²) in [5.74, 6) is -0.432. The molecule has 1 amide bonds. The summed E-state index contributed by atoms with van der Waals surface area (Å²) in [7, 11) is 0. The van der Waals surface area contributed by atoms with E-state index in [1.165, 1.54) is 18.2 Å². The van der Waals surface area contributed by atoms with Crippen molar-refractivity contribution in [2.75, 3.05) is 6.54 Å². The molecule has 0 bridgehead atoms. The number of hydrogen-bond donors (Lipinski definition) is 0. The van der Waals surface area contributed by atoms with Crippen molar-refractivity contribution in [2.24, 2.45) is 0 Å². The zero-order chi connectivity index (χ0) is 17.1. The summed E-state index contributed by atoms with van der Waals surface area (Å²) in [5.41, 5.74) is -0.252. The number of nitro groups is 1.